The first-order valence-corrected chi connectivity index (χ1v) is 15.3. The molecule has 1 unspecified atom stereocenters. The molecule has 214 valence electrons. The van der Waals surface area contributed by atoms with Gasteiger partial charge in [-0.1, -0.05) is 103 Å². The van der Waals surface area contributed by atoms with Gasteiger partial charge in [-0.2, -0.15) is 0 Å². The number of amides is 2. The lowest BCUT2D eigenvalue weighted by Crippen LogP contribution is -2.30. The van der Waals surface area contributed by atoms with E-state index in [1.165, 1.54) is 5.56 Å². The SMILES string of the molecule is O=C(COc1c(NC(=O)C(c2cccc3ccccc23)P(=O)(O)O)ccc2ccccc12)NCCCc1ccccc1. The third kappa shape index (κ3) is 6.86. The van der Waals surface area contributed by atoms with Crippen LogP contribution in [0.2, 0.25) is 0 Å². The Labute approximate surface area is 243 Å². The van der Waals surface area contributed by atoms with E-state index in [4.69, 9.17) is 4.74 Å². The molecule has 0 aliphatic heterocycles. The number of hydrogen-bond acceptors (Lipinski definition) is 4. The summed E-state index contributed by atoms with van der Waals surface area (Å²) in [4.78, 5) is 46.8. The number of anilines is 1. The molecular formula is C33H31N2O6P. The molecule has 0 spiro atoms. The summed E-state index contributed by atoms with van der Waals surface area (Å²) in [7, 11) is -4.94. The van der Waals surface area contributed by atoms with Crippen LogP contribution in [-0.2, 0) is 20.6 Å². The second-order valence-corrected chi connectivity index (χ2v) is 11.6. The molecule has 0 bridgehead atoms. The summed E-state index contributed by atoms with van der Waals surface area (Å²) in [5.74, 6) is -0.967. The minimum absolute atomic E-state index is 0.203. The predicted octanol–water partition coefficient (Wildman–Crippen LogP) is 5.98. The zero-order valence-electron chi connectivity index (χ0n) is 22.8. The van der Waals surface area contributed by atoms with E-state index >= 15 is 0 Å². The van der Waals surface area contributed by atoms with Gasteiger partial charge in [0.2, 0.25) is 5.91 Å². The van der Waals surface area contributed by atoms with Gasteiger partial charge in [0.1, 0.15) is 0 Å². The maximum absolute atomic E-state index is 13.6. The Balaban J connectivity index is 1.35. The normalized spacial score (nSPS) is 12.1. The van der Waals surface area contributed by atoms with Gasteiger partial charge in [0, 0.05) is 11.9 Å². The van der Waals surface area contributed by atoms with Crippen molar-refractivity contribution in [2.75, 3.05) is 18.5 Å². The average Bonchev–Trinajstić information content (AvgIpc) is 2.99. The Bertz CT molecular complexity index is 1760. The highest BCUT2D eigenvalue weighted by atomic mass is 31.2. The van der Waals surface area contributed by atoms with Crippen molar-refractivity contribution < 1.29 is 28.7 Å². The highest BCUT2D eigenvalue weighted by Crippen LogP contribution is 2.54. The lowest BCUT2D eigenvalue weighted by atomic mass is 10.0. The van der Waals surface area contributed by atoms with Crippen molar-refractivity contribution in [1.82, 2.24) is 5.32 Å². The number of fused-ring (bicyclic) bond motifs is 2. The molecule has 9 heteroatoms. The molecule has 4 N–H and O–H groups in total. The summed E-state index contributed by atoms with van der Waals surface area (Å²) < 4.78 is 18.6. The number of benzene rings is 5. The Kier molecular flexibility index (Phi) is 8.98. The van der Waals surface area contributed by atoms with Gasteiger partial charge in [-0.3, -0.25) is 14.2 Å². The predicted molar refractivity (Wildman–Crippen MR) is 165 cm³/mol. The molecule has 0 aliphatic carbocycles. The summed E-state index contributed by atoms with van der Waals surface area (Å²) in [5.41, 5.74) is -0.140. The largest absolute Gasteiger partial charge is 0.481 e. The molecule has 5 rings (SSSR count). The van der Waals surface area contributed by atoms with Crippen LogP contribution in [0, 0.1) is 0 Å². The highest BCUT2D eigenvalue weighted by Gasteiger charge is 2.38. The highest BCUT2D eigenvalue weighted by molar-refractivity contribution is 7.53. The Morgan fingerprint density at radius 3 is 2.14 bits per heavy atom. The van der Waals surface area contributed by atoms with Gasteiger partial charge in [-0.25, -0.2) is 0 Å². The molecule has 0 aliphatic rings. The van der Waals surface area contributed by atoms with E-state index in [2.05, 4.69) is 10.6 Å². The standard InChI is InChI=1S/C33H31N2O6P/c36-30(34-21-9-12-23-10-2-1-3-11-23)22-41-31-27-17-7-5-14-25(27)19-20-29(31)35-33(37)32(42(38,39)40)28-18-8-15-24-13-4-6-16-26(24)28/h1-8,10-11,13-20,32H,9,12,21-22H2,(H,34,36)(H,35,37)(H2,38,39,40). The van der Waals surface area contributed by atoms with Crippen LogP contribution in [0.15, 0.2) is 109 Å². The summed E-state index contributed by atoms with van der Waals surface area (Å²) in [6.07, 6.45) is 1.60. The molecule has 0 radical (unpaired) electrons. The van der Waals surface area contributed by atoms with Crippen molar-refractivity contribution in [3.63, 3.8) is 0 Å². The number of hydrogen-bond donors (Lipinski definition) is 4. The second-order valence-electron chi connectivity index (χ2n) is 9.94. The van der Waals surface area contributed by atoms with E-state index in [1.54, 1.807) is 48.5 Å². The van der Waals surface area contributed by atoms with Crippen LogP contribution in [0.25, 0.3) is 21.5 Å². The molecule has 1 atom stereocenters. The molecule has 5 aromatic carbocycles. The first-order valence-electron chi connectivity index (χ1n) is 13.6. The van der Waals surface area contributed by atoms with Crippen molar-refractivity contribution in [3.05, 3.63) is 120 Å². The molecule has 0 heterocycles. The molecule has 2 amide bonds. The lowest BCUT2D eigenvalue weighted by Gasteiger charge is -2.21. The van der Waals surface area contributed by atoms with Crippen LogP contribution in [0.5, 0.6) is 5.75 Å². The zero-order valence-corrected chi connectivity index (χ0v) is 23.7. The maximum atomic E-state index is 13.6. The molecule has 42 heavy (non-hydrogen) atoms. The van der Waals surface area contributed by atoms with E-state index in [9.17, 15) is 23.9 Å². The number of ether oxygens (including phenoxy) is 1. The van der Waals surface area contributed by atoms with Gasteiger partial charge >= 0.3 is 7.60 Å². The van der Waals surface area contributed by atoms with Crippen molar-refractivity contribution in [1.29, 1.82) is 0 Å². The molecule has 0 saturated carbocycles. The number of rotatable bonds is 11. The van der Waals surface area contributed by atoms with Crippen LogP contribution in [0.1, 0.15) is 23.2 Å². The van der Waals surface area contributed by atoms with E-state index < -0.39 is 19.2 Å². The van der Waals surface area contributed by atoms with Crippen molar-refractivity contribution in [2.45, 2.75) is 18.5 Å². The summed E-state index contributed by atoms with van der Waals surface area (Å²) in [5, 5.41) is 8.32. The number of aryl methyl sites for hydroxylation is 1. The smallest absolute Gasteiger partial charge is 0.342 e. The average molecular weight is 583 g/mol. The molecule has 8 nitrogen and oxygen atoms in total. The molecule has 0 aromatic heterocycles. The summed E-state index contributed by atoms with van der Waals surface area (Å²) >= 11 is 0. The van der Waals surface area contributed by atoms with Crippen LogP contribution in [0.4, 0.5) is 5.69 Å². The molecule has 5 aromatic rings. The molecule has 0 saturated heterocycles. The number of carbonyl (C=O) groups is 2. The van der Waals surface area contributed by atoms with Crippen molar-refractivity contribution >= 4 is 46.6 Å². The van der Waals surface area contributed by atoms with Crippen LogP contribution in [-0.4, -0.2) is 34.8 Å². The lowest BCUT2D eigenvalue weighted by molar-refractivity contribution is -0.123. The van der Waals surface area contributed by atoms with E-state index in [-0.39, 0.29) is 29.5 Å². The third-order valence-electron chi connectivity index (χ3n) is 6.99. The molecule has 0 fully saturated rings. The van der Waals surface area contributed by atoms with Crippen molar-refractivity contribution in [2.24, 2.45) is 0 Å². The van der Waals surface area contributed by atoms with Gasteiger partial charge in [-0.15, -0.1) is 0 Å². The van der Waals surface area contributed by atoms with Crippen LogP contribution >= 0.6 is 7.60 Å². The Hall–Kier alpha value is -4.49. The van der Waals surface area contributed by atoms with Gasteiger partial charge in [-0.05, 0) is 46.2 Å². The zero-order chi connectivity index (χ0) is 29.5. The van der Waals surface area contributed by atoms with Crippen molar-refractivity contribution in [3.8, 4) is 5.75 Å². The third-order valence-corrected chi connectivity index (χ3v) is 8.18. The molecular weight excluding hydrogens is 551 g/mol. The first kappa shape index (κ1) is 29.0. The fraction of sp³-hybridized carbons (Fsp3) is 0.152. The fourth-order valence-corrected chi connectivity index (χ4v) is 5.97. The van der Waals surface area contributed by atoms with Gasteiger partial charge in [0.15, 0.2) is 18.0 Å². The second kappa shape index (κ2) is 13.0. The number of carbonyl (C=O) groups excluding carboxylic acids is 2. The Morgan fingerprint density at radius 1 is 0.762 bits per heavy atom. The number of nitrogens with one attached hydrogen (secondary N) is 2. The fourth-order valence-electron chi connectivity index (χ4n) is 5.02. The summed E-state index contributed by atoms with van der Waals surface area (Å²) in [6.45, 7) is 0.179. The van der Waals surface area contributed by atoms with Crippen LogP contribution in [0.3, 0.4) is 0 Å². The van der Waals surface area contributed by atoms with E-state index in [0.29, 0.717) is 17.3 Å². The van der Waals surface area contributed by atoms with Gasteiger partial charge in [0.25, 0.3) is 5.91 Å². The van der Waals surface area contributed by atoms with Gasteiger partial charge in [0.05, 0.1) is 5.69 Å². The quantitative estimate of drug-likeness (QED) is 0.112. The Morgan fingerprint density at radius 2 is 1.40 bits per heavy atom. The van der Waals surface area contributed by atoms with Gasteiger partial charge < -0.3 is 25.2 Å². The summed E-state index contributed by atoms with van der Waals surface area (Å²) in [6, 6.07) is 32.8. The first-order chi connectivity index (χ1) is 20.3. The topological polar surface area (TPSA) is 125 Å². The minimum atomic E-state index is -4.94. The van der Waals surface area contributed by atoms with Crippen LogP contribution < -0.4 is 15.4 Å². The maximum Gasteiger partial charge on any atom is 0.342 e. The van der Waals surface area contributed by atoms with E-state index in [1.807, 2.05) is 60.7 Å². The monoisotopic (exact) mass is 582 g/mol. The van der Waals surface area contributed by atoms with E-state index in [0.717, 1.165) is 23.6 Å². The minimum Gasteiger partial charge on any atom is -0.481 e.